The largest absolute Gasteiger partial charge is 0.256 e. The van der Waals surface area contributed by atoms with E-state index >= 15 is 0 Å². The molecule has 13 aromatic rings. The predicted molar refractivity (Wildman–Crippen MR) is 306 cm³/mol. The second kappa shape index (κ2) is 18.5. The number of hydrogen-bond donors (Lipinski definition) is 0. The predicted octanol–water partition coefficient (Wildman–Crippen LogP) is 19.5. The Kier molecular flexibility index (Phi) is 10.9. The average Bonchev–Trinajstić information content (AvgIpc) is 3.46. The third-order valence-corrected chi connectivity index (χ3v) is 14.3. The molecule has 0 saturated heterocycles. The quantitative estimate of drug-likeness (QED) is 0.132. The van der Waals surface area contributed by atoms with E-state index in [2.05, 4.69) is 273 Å². The van der Waals surface area contributed by atoms with Crippen LogP contribution >= 0.6 is 0 Å². The van der Waals surface area contributed by atoms with Gasteiger partial charge in [0.05, 0.1) is 5.52 Å². The molecule has 0 aliphatic heterocycles. The van der Waals surface area contributed by atoms with Crippen LogP contribution in [-0.2, 0) is 0 Å². The van der Waals surface area contributed by atoms with E-state index < -0.39 is 0 Å². The third-order valence-electron chi connectivity index (χ3n) is 14.3. The number of para-hydroxylation sites is 1. The van der Waals surface area contributed by atoms with Crippen LogP contribution in [0.15, 0.2) is 285 Å². The molecule has 1 nitrogen and oxygen atoms in total. The van der Waals surface area contributed by atoms with Crippen molar-refractivity contribution in [2.75, 3.05) is 0 Å². The van der Waals surface area contributed by atoms with Crippen LogP contribution in [0.5, 0.6) is 0 Å². The molecule has 0 aliphatic carbocycles. The summed E-state index contributed by atoms with van der Waals surface area (Å²) in [7, 11) is 0. The summed E-state index contributed by atoms with van der Waals surface area (Å²) in [5, 5.41) is 5.98. The van der Waals surface area contributed by atoms with Crippen molar-refractivity contribution < 1.29 is 0 Å². The number of fused-ring (bicyclic) bond motifs is 3. The Bertz CT molecular complexity index is 3940. The molecule has 12 aromatic carbocycles. The minimum absolute atomic E-state index is 1.01. The zero-order valence-corrected chi connectivity index (χ0v) is 39.6. The van der Waals surface area contributed by atoms with Crippen molar-refractivity contribution in [3.63, 3.8) is 0 Å². The first-order valence-corrected chi connectivity index (χ1v) is 24.8. The molecule has 13 rings (SSSR count). The summed E-state index contributed by atoms with van der Waals surface area (Å²) in [5.41, 5.74) is 22.2. The van der Waals surface area contributed by atoms with Crippen molar-refractivity contribution in [3.8, 4) is 100 Å². The van der Waals surface area contributed by atoms with Gasteiger partial charge in [-0.2, -0.15) is 0 Å². The zero-order chi connectivity index (χ0) is 47.8. The van der Waals surface area contributed by atoms with Gasteiger partial charge in [-0.3, -0.25) is 4.98 Å². The van der Waals surface area contributed by atoms with E-state index in [-0.39, 0.29) is 0 Å². The molecule has 72 heavy (non-hydrogen) atoms. The summed E-state index contributed by atoms with van der Waals surface area (Å²) in [6.07, 6.45) is 1.89. The lowest BCUT2D eigenvalue weighted by Crippen LogP contribution is -2.02. The van der Waals surface area contributed by atoms with Gasteiger partial charge in [-0.15, -0.1) is 0 Å². The molecule has 0 aliphatic rings. The van der Waals surface area contributed by atoms with Gasteiger partial charge < -0.3 is 0 Å². The Labute approximate surface area is 420 Å². The standard InChI is InChI=1S/C71H47N/c1-6-24-48(25-7-1)65-66(49-26-8-2-9-27-49)68(51-30-12-4-13-31-51)70(69(52-32-14-5-15-33-52)67(65)50-28-10-3-11-29-50)57-38-21-37-56(47-57)64-61-42-18-16-40-59(61)63(60-41-17-19-43-62(60)64)55-36-20-35-54(46-55)58-44-22-34-53-39-23-45-72-71(53)58/h1-47H. The van der Waals surface area contributed by atoms with E-state index in [0.717, 1.165) is 55.4 Å². The fourth-order valence-corrected chi connectivity index (χ4v) is 11.3. The normalized spacial score (nSPS) is 11.3. The van der Waals surface area contributed by atoms with Gasteiger partial charge >= 0.3 is 0 Å². The van der Waals surface area contributed by atoms with Crippen LogP contribution in [0.1, 0.15) is 0 Å². The molecular formula is C71H47N. The number of benzene rings is 12. The molecule has 0 amide bonds. The van der Waals surface area contributed by atoms with Gasteiger partial charge in [0.25, 0.3) is 0 Å². The Morgan fingerprint density at radius 1 is 0.194 bits per heavy atom. The number of pyridine rings is 1. The van der Waals surface area contributed by atoms with E-state index in [1.54, 1.807) is 0 Å². The summed E-state index contributed by atoms with van der Waals surface area (Å²) in [4.78, 5) is 4.84. The Morgan fingerprint density at radius 2 is 0.472 bits per heavy atom. The number of rotatable bonds is 9. The lowest BCUT2D eigenvalue weighted by molar-refractivity contribution is 1.41. The van der Waals surface area contributed by atoms with Crippen LogP contribution in [0.3, 0.4) is 0 Å². The highest BCUT2D eigenvalue weighted by Crippen LogP contribution is 2.56. The molecule has 0 fully saturated rings. The molecular weight excluding hydrogens is 867 g/mol. The monoisotopic (exact) mass is 913 g/mol. The average molecular weight is 914 g/mol. The van der Waals surface area contributed by atoms with Crippen molar-refractivity contribution in [2.24, 2.45) is 0 Å². The van der Waals surface area contributed by atoms with Crippen molar-refractivity contribution in [3.05, 3.63) is 285 Å². The van der Waals surface area contributed by atoms with Crippen LogP contribution in [0, 0.1) is 0 Å². The van der Waals surface area contributed by atoms with Crippen LogP contribution < -0.4 is 0 Å². The summed E-state index contributed by atoms with van der Waals surface area (Å²) in [6, 6.07) is 102. The second-order valence-electron chi connectivity index (χ2n) is 18.5. The topological polar surface area (TPSA) is 12.9 Å². The van der Waals surface area contributed by atoms with E-state index in [0.29, 0.717) is 0 Å². The molecule has 0 radical (unpaired) electrons. The number of nitrogens with zero attached hydrogens (tertiary/aromatic N) is 1. The molecule has 1 heteroatoms. The van der Waals surface area contributed by atoms with Crippen molar-refractivity contribution in [1.29, 1.82) is 0 Å². The van der Waals surface area contributed by atoms with E-state index in [9.17, 15) is 0 Å². The van der Waals surface area contributed by atoms with Gasteiger partial charge in [-0.1, -0.05) is 261 Å². The first-order chi connectivity index (χ1) is 35.8. The maximum absolute atomic E-state index is 4.84. The molecule has 0 saturated carbocycles. The lowest BCUT2D eigenvalue weighted by atomic mass is 9.74. The number of hydrogen-bond acceptors (Lipinski definition) is 1. The second-order valence-corrected chi connectivity index (χ2v) is 18.5. The summed E-state index contributed by atoms with van der Waals surface area (Å²) in [6.45, 7) is 0. The lowest BCUT2D eigenvalue weighted by Gasteiger charge is -2.29. The van der Waals surface area contributed by atoms with Gasteiger partial charge in [-0.25, -0.2) is 0 Å². The minimum atomic E-state index is 1.01. The van der Waals surface area contributed by atoms with E-state index in [1.165, 1.54) is 77.2 Å². The summed E-state index contributed by atoms with van der Waals surface area (Å²) in [5.74, 6) is 0. The van der Waals surface area contributed by atoms with E-state index in [1.807, 2.05) is 12.3 Å². The van der Waals surface area contributed by atoms with Crippen molar-refractivity contribution in [2.45, 2.75) is 0 Å². The molecule has 0 unspecified atom stereocenters. The minimum Gasteiger partial charge on any atom is -0.256 e. The van der Waals surface area contributed by atoms with Gasteiger partial charge in [-0.05, 0) is 134 Å². The van der Waals surface area contributed by atoms with Crippen molar-refractivity contribution >= 4 is 32.4 Å². The third kappa shape index (κ3) is 7.48. The zero-order valence-electron chi connectivity index (χ0n) is 39.6. The molecule has 1 heterocycles. The van der Waals surface area contributed by atoms with E-state index in [4.69, 9.17) is 4.98 Å². The van der Waals surface area contributed by atoms with Crippen molar-refractivity contribution in [1.82, 2.24) is 4.98 Å². The molecule has 0 spiro atoms. The van der Waals surface area contributed by atoms with Crippen LogP contribution in [-0.4, -0.2) is 4.98 Å². The highest BCUT2D eigenvalue weighted by molar-refractivity contribution is 6.22. The molecule has 336 valence electrons. The fourth-order valence-electron chi connectivity index (χ4n) is 11.3. The maximum Gasteiger partial charge on any atom is 0.0780 e. The first kappa shape index (κ1) is 42.7. The summed E-state index contributed by atoms with van der Waals surface area (Å²) < 4.78 is 0. The Balaban J connectivity index is 1.13. The van der Waals surface area contributed by atoms with Crippen LogP contribution in [0.2, 0.25) is 0 Å². The SMILES string of the molecule is c1ccc(-c2c(-c3ccccc3)c(-c3ccccc3)c(-c3cccc(-c4c5ccccc5c(-c5cccc(-c6cccc7cccnc67)c5)c5ccccc45)c3)c(-c3ccccc3)c2-c2ccccc2)cc1. The van der Waals surface area contributed by atoms with Gasteiger partial charge in [0.15, 0.2) is 0 Å². The van der Waals surface area contributed by atoms with Crippen LogP contribution in [0.4, 0.5) is 0 Å². The van der Waals surface area contributed by atoms with Gasteiger partial charge in [0.1, 0.15) is 0 Å². The molecule has 0 N–H and O–H groups in total. The van der Waals surface area contributed by atoms with Crippen LogP contribution in [0.25, 0.3) is 133 Å². The maximum atomic E-state index is 4.84. The highest BCUT2D eigenvalue weighted by Gasteiger charge is 2.29. The molecule has 1 aromatic heterocycles. The Hall–Kier alpha value is -9.43. The highest BCUT2D eigenvalue weighted by atomic mass is 14.6. The smallest absolute Gasteiger partial charge is 0.0780 e. The first-order valence-electron chi connectivity index (χ1n) is 24.8. The number of aromatic nitrogens is 1. The Morgan fingerprint density at radius 3 is 0.861 bits per heavy atom. The molecule has 0 bridgehead atoms. The van der Waals surface area contributed by atoms with Gasteiger partial charge in [0.2, 0.25) is 0 Å². The van der Waals surface area contributed by atoms with Gasteiger partial charge in [0, 0.05) is 17.1 Å². The summed E-state index contributed by atoms with van der Waals surface area (Å²) >= 11 is 0. The molecule has 0 atom stereocenters. The fraction of sp³-hybridized carbons (Fsp3) is 0.